The maximum atomic E-state index is 5.89. The third-order valence-electron chi connectivity index (χ3n) is 2.02. The zero-order valence-electron chi connectivity index (χ0n) is 8.45. The Balaban J connectivity index is 2.39. The van der Waals surface area contributed by atoms with Crippen LogP contribution in [0.25, 0.3) is 11.5 Å². The first-order valence-corrected chi connectivity index (χ1v) is 5.79. The number of hydrogen-bond acceptors (Lipinski definition) is 4. The van der Waals surface area contributed by atoms with Crippen molar-refractivity contribution in [2.45, 2.75) is 13.0 Å². The molecule has 4 nitrogen and oxygen atoms in total. The fraction of sp³-hybridized carbons (Fsp3) is 0.200. The van der Waals surface area contributed by atoms with Crippen molar-refractivity contribution >= 4 is 27.5 Å². The maximum Gasteiger partial charge on any atom is 0.258 e. The highest BCUT2D eigenvalue weighted by Crippen LogP contribution is 2.28. The summed E-state index contributed by atoms with van der Waals surface area (Å²) in [6.07, 6.45) is 0. The van der Waals surface area contributed by atoms with E-state index in [1.165, 1.54) is 0 Å². The van der Waals surface area contributed by atoms with Gasteiger partial charge in [0, 0.05) is 10.0 Å². The van der Waals surface area contributed by atoms with E-state index < -0.39 is 0 Å². The summed E-state index contributed by atoms with van der Waals surface area (Å²) >= 11 is 9.22. The Bertz CT molecular complexity index is 513. The van der Waals surface area contributed by atoms with Gasteiger partial charge in [0.1, 0.15) is 0 Å². The molecule has 1 heterocycles. The summed E-state index contributed by atoms with van der Waals surface area (Å²) in [5.41, 5.74) is 6.45. The summed E-state index contributed by atoms with van der Waals surface area (Å²) in [6, 6.07) is 5.15. The quantitative estimate of drug-likeness (QED) is 0.925. The highest BCUT2D eigenvalue weighted by Gasteiger charge is 2.12. The fourth-order valence-electron chi connectivity index (χ4n) is 1.17. The van der Waals surface area contributed by atoms with Crippen molar-refractivity contribution in [2.75, 3.05) is 0 Å². The first-order chi connectivity index (χ1) is 7.58. The zero-order chi connectivity index (χ0) is 11.7. The molecule has 0 saturated carbocycles. The van der Waals surface area contributed by atoms with Crippen molar-refractivity contribution in [3.05, 3.63) is 33.5 Å². The predicted molar refractivity (Wildman–Crippen MR) is 65.0 cm³/mol. The van der Waals surface area contributed by atoms with Crippen LogP contribution in [-0.2, 0) is 0 Å². The molecule has 6 heteroatoms. The molecule has 1 atom stereocenters. The third-order valence-corrected chi connectivity index (χ3v) is 3.23. The molecule has 84 valence electrons. The van der Waals surface area contributed by atoms with Gasteiger partial charge in [0.15, 0.2) is 5.82 Å². The Labute approximate surface area is 106 Å². The second-order valence-corrected chi connectivity index (χ2v) is 4.64. The first kappa shape index (κ1) is 11.6. The van der Waals surface area contributed by atoms with Gasteiger partial charge in [-0.05, 0) is 41.1 Å². The van der Waals surface area contributed by atoms with E-state index in [1.807, 2.05) is 12.1 Å². The van der Waals surface area contributed by atoms with Crippen LogP contribution in [0.2, 0.25) is 5.02 Å². The van der Waals surface area contributed by atoms with Crippen LogP contribution in [0.4, 0.5) is 0 Å². The Kier molecular flexibility index (Phi) is 3.28. The van der Waals surface area contributed by atoms with E-state index in [0.29, 0.717) is 16.7 Å². The van der Waals surface area contributed by atoms with Crippen LogP contribution in [0.5, 0.6) is 0 Å². The Morgan fingerprint density at radius 2 is 2.25 bits per heavy atom. The molecule has 2 N–H and O–H groups in total. The van der Waals surface area contributed by atoms with Crippen molar-refractivity contribution in [3.8, 4) is 11.5 Å². The van der Waals surface area contributed by atoms with Gasteiger partial charge in [-0.15, -0.1) is 0 Å². The monoisotopic (exact) mass is 301 g/mol. The molecule has 0 spiro atoms. The van der Waals surface area contributed by atoms with Gasteiger partial charge in [0.25, 0.3) is 5.89 Å². The van der Waals surface area contributed by atoms with Crippen molar-refractivity contribution in [3.63, 3.8) is 0 Å². The minimum Gasteiger partial charge on any atom is -0.334 e. The van der Waals surface area contributed by atoms with Crippen LogP contribution >= 0.6 is 27.5 Å². The third kappa shape index (κ3) is 2.26. The molecule has 2 aromatic rings. The smallest absolute Gasteiger partial charge is 0.258 e. The molecule has 0 fully saturated rings. The lowest BCUT2D eigenvalue weighted by atomic mass is 10.2. The van der Waals surface area contributed by atoms with Crippen LogP contribution in [0, 0.1) is 0 Å². The Morgan fingerprint density at radius 3 is 2.81 bits per heavy atom. The van der Waals surface area contributed by atoms with Crippen LogP contribution in [0.3, 0.4) is 0 Å². The average molecular weight is 303 g/mol. The van der Waals surface area contributed by atoms with Gasteiger partial charge in [0.05, 0.1) is 11.1 Å². The lowest BCUT2D eigenvalue weighted by Gasteiger charge is -1.97. The van der Waals surface area contributed by atoms with Crippen LogP contribution < -0.4 is 5.73 Å². The summed E-state index contributed by atoms with van der Waals surface area (Å²) in [5.74, 6) is 0.922. The minimum absolute atomic E-state index is 0.242. The molecule has 0 saturated heterocycles. The Morgan fingerprint density at radius 1 is 1.50 bits per heavy atom. The summed E-state index contributed by atoms with van der Waals surface area (Å²) < 4.78 is 5.89. The van der Waals surface area contributed by atoms with Crippen LogP contribution in [-0.4, -0.2) is 10.1 Å². The van der Waals surface area contributed by atoms with Gasteiger partial charge in [0.2, 0.25) is 0 Å². The SMILES string of the molecule is CC(N)c1noc(-c2ccc(Cl)c(Br)c2)n1. The maximum absolute atomic E-state index is 5.89. The molecule has 0 aliphatic rings. The molecule has 0 aliphatic carbocycles. The summed E-state index contributed by atoms with van der Waals surface area (Å²) in [7, 11) is 0. The van der Waals surface area contributed by atoms with Gasteiger partial charge in [-0.2, -0.15) is 4.98 Å². The summed E-state index contributed by atoms with van der Waals surface area (Å²) in [4.78, 5) is 4.18. The normalized spacial score (nSPS) is 12.8. The zero-order valence-corrected chi connectivity index (χ0v) is 10.8. The first-order valence-electron chi connectivity index (χ1n) is 4.62. The van der Waals surface area contributed by atoms with Crippen LogP contribution in [0.1, 0.15) is 18.8 Å². The number of benzene rings is 1. The van der Waals surface area contributed by atoms with E-state index in [2.05, 4.69) is 26.1 Å². The van der Waals surface area contributed by atoms with Gasteiger partial charge in [-0.1, -0.05) is 16.8 Å². The molecule has 1 unspecified atom stereocenters. The molecule has 2 rings (SSSR count). The topological polar surface area (TPSA) is 64.9 Å². The van der Waals surface area contributed by atoms with Gasteiger partial charge < -0.3 is 10.3 Å². The second-order valence-electron chi connectivity index (χ2n) is 3.38. The molecule has 1 aromatic heterocycles. The van der Waals surface area contributed by atoms with Gasteiger partial charge in [-0.3, -0.25) is 0 Å². The molecule has 1 aromatic carbocycles. The number of aromatic nitrogens is 2. The molecular formula is C10H9BrClN3O. The number of nitrogens with zero attached hydrogens (tertiary/aromatic N) is 2. The van der Waals surface area contributed by atoms with Gasteiger partial charge >= 0.3 is 0 Å². The Hall–Kier alpha value is -0.910. The second kappa shape index (κ2) is 4.53. The van der Waals surface area contributed by atoms with E-state index in [4.69, 9.17) is 21.9 Å². The fourth-order valence-corrected chi connectivity index (χ4v) is 1.66. The molecular weight excluding hydrogens is 293 g/mol. The summed E-state index contributed by atoms with van der Waals surface area (Å²) in [6.45, 7) is 1.80. The number of rotatable bonds is 2. The van der Waals surface area contributed by atoms with Crippen LogP contribution in [0.15, 0.2) is 27.2 Å². The van der Waals surface area contributed by atoms with Crippen molar-refractivity contribution in [1.29, 1.82) is 0 Å². The number of nitrogens with two attached hydrogens (primary N) is 1. The van der Waals surface area contributed by atoms with E-state index in [0.717, 1.165) is 10.0 Å². The predicted octanol–water partition coefficient (Wildman–Crippen LogP) is 3.17. The van der Waals surface area contributed by atoms with E-state index in [9.17, 15) is 0 Å². The molecule has 0 radical (unpaired) electrons. The van der Waals surface area contributed by atoms with E-state index >= 15 is 0 Å². The van der Waals surface area contributed by atoms with Crippen molar-refractivity contribution in [1.82, 2.24) is 10.1 Å². The number of halogens is 2. The largest absolute Gasteiger partial charge is 0.334 e. The van der Waals surface area contributed by atoms with E-state index in [1.54, 1.807) is 13.0 Å². The summed E-state index contributed by atoms with van der Waals surface area (Å²) in [5, 5.41) is 4.42. The molecule has 0 bridgehead atoms. The lowest BCUT2D eigenvalue weighted by Crippen LogP contribution is -2.06. The molecule has 0 aliphatic heterocycles. The average Bonchev–Trinajstić information content (AvgIpc) is 2.71. The highest BCUT2D eigenvalue weighted by atomic mass is 79.9. The highest BCUT2D eigenvalue weighted by molar-refractivity contribution is 9.10. The number of hydrogen-bond donors (Lipinski definition) is 1. The van der Waals surface area contributed by atoms with E-state index in [-0.39, 0.29) is 6.04 Å². The lowest BCUT2D eigenvalue weighted by molar-refractivity contribution is 0.418. The standard InChI is InChI=1S/C10H9BrClN3O/c1-5(13)9-14-10(16-15-9)6-2-3-8(12)7(11)4-6/h2-5H,13H2,1H3. The van der Waals surface area contributed by atoms with Gasteiger partial charge in [-0.25, -0.2) is 0 Å². The molecule has 16 heavy (non-hydrogen) atoms. The van der Waals surface area contributed by atoms with Crippen molar-refractivity contribution < 1.29 is 4.52 Å². The van der Waals surface area contributed by atoms with Crippen molar-refractivity contribution in [2.24, 2.45) is 5.73 Å². The molecule has 0 amide bonds. The minimum atomic E-state index is -0.242.